The summed E-state index contributed by atoms with van der Waals surface area (Å²) >= 11 is 2.19. The van der Waals surface area contributed by atoms with Crippen molar-refractivity contribution in [3.63, 3.8) is 0 Å². The van der Waals surface area contributed by atoms with Gasteiger partial charge in [-0.3, -0.25) is 0 Å². The van der Waals surface area contributed by atoms with Gasteiger partial charge in [-0.05, 0) is 44.0 Å². The first-order valence-corrected chi connectivity index (χ1v) is 7.88. The Morgan fingerprint density at radius 2 is 2.25 bits per heavy atom. The van der Waals surface area contributed by atoms with Gasteiger partial charge in [0.05, 0.1) is 0 Å². The van der Waals surface area contributed by atoms with Crippen LogP contribution in [-0.2, 0) is 0 Å². The quantitative estimate of drug-likeness (QED) is 0.817. The van der Waals surface area contributed by atoms with Crippen LogP contribution in [-0.4, -0.2) is 48.1 Å². The smallest absolute Gasteiger partial charge is 0.0217 e. The van der Waals surface area contributed by atoms with Crippen LogP contribution < -0.4 is 5.32 Å². The molecule has 2 atom stereocenters. The summed E-state index contributed by atoms with van der Waals surface area (Å²) in [6, 6.07) is 0.703. The molecule has 3 heteroatoms. The first kappa shape index (κ1) is 12.7. The van der Waals surface area contributed by atoms with E-state index in [1.807, 2.05) is 0 Å². The zero-order chi connectivity index (χ0) is 11.4. The maximum Gasteiger partial charge on any atom is 0.0217 e. The van der Waals surface area contributed by atoms with Crippen molar-refractivity contribution >= 4 is 11.8 Å². The summed E-state index contributed by atoms with van der Waals surface area (Å²) in [5.74, 6) is 2.15. The molecule has 0 amide bonds. The Morgan fingerprint density at radius 1 is 1.38 bits per heavy atom. The monoisotopic (exact) mass is 242 g/mol. The van der Waals surface area contributed by atoms with Gasteiger partial charge >= 0.3 is 0 Å². The lowest BCUT2D eigenvalue weighted by Gasteiger charge is -2.28. The molecular formula is C13H26N2S. The third-order valence-electron chi connectivity index (χ3n) is 3.80. The Hall–Kier alpha value is 0.270. The lowest BCUT2D eigenvalue weighted by atomic mass is 10.0. The second-order valence-corrected chi connectivity index (χ2v) is 6.96. The molecular weight excluding hydrogens is 216 g/mol. The highest BCUT2D eigenvalue weighted by molar-refractivity contribution is 8.00. The molecule has 2 aliphatic rings. The standard InChI is InChI=1S/C13H26N2S/c1-11(2)13-10-15(7-4-6-14-13)9-12-5-3-8-16-12/h11-14H,3-10H2,1-2H3. The van der Waals surface area contributed by atoms with Crippen LogP contribution in [0.2, 0.25) is 0 Å². The minimum Gasteiger partial charge on any atom is -0.312 e. The van der Waals surface area contributed by atoms with Gasteiger partial charge in [0.1, 0.15) is 0 Å². The summed E-state index contributed by atoms with van der Waals surface area (Å²) < 4.78 is 0. The van der Waals surface area contributed by atoms with Crippen LogP contribution in [0.4, 0.5) is 0 Å². The Morgan fingerprint density at radius 3 is 2.94 bits per heavy atom. The lowest BCUT2D eigenvalue weighted by Crippen LogP contribution is -2.42. The Labute approximate surface area is 105 Å². The van der Waals surface area contributed by atoms with E-state index in [2.05, 4.69) is 35.8 Å². The molecule has 0 aromatic heterocycles. The molecule has 0 saturated carbocycles. The summed E-state index contributed by atoms with van der Waals surface area (Å²) in [5, 5.41) is 4.61. The third-order valence-corrected chi connectivity index (χ3v) is 5.18. The van der Waals surface area contributed by atoms with Crippen LogP contribution in [0.25, 0.3) is 0 Å². The molecule has 2 saturated heterocycles. The highest BCUT2D eigenvalue weighted by Crippen LogP contribution is 2.27. The summed E-state index contributed by atoms with van der Waals surface area (Å²) in [4.78, 5) is 2.70. The van der Waals surface area contributed by atoms with Crippen molar-refractivity contribution in [3.8, 4) is 0 Å². The summed E-state index contributed by atoms with van der Waals surface area (Å²) in [6.07, 6.45) is 4.20. The predicted molar refractivity (Wildman–Crippen MR) is 73.2 cm³/mol. The van der Waals surface area contributed by atoms with Gasteiger partial charge in [-0.1, -0.05) is 13.8 Å². The second-order valence-electron chi connectivity index (χ2n) is 5.55. The van der Waals surface area contributed by atoms with Crippen molar-refractivity contribution in [2.24, 2.45) is 5.92 Å². The van der Waals surface area contributed by atoms with E-state index in [4.69, 9.17) is 0 Å². The molecule has 2 unspecified atom stereocenters. The van der Waals surface area contributed by atoms with Crippen LogP contribution in [0.1, 0.15) is 33.1 Å². The molecule has 0 aromatic carbocycles. The minimum absolute atomic E-state index is 0.703. The van der Waals surface area contributed by atoms with E-state index in [0.29, 0.717) is 6.04 Å². The number of nitrogens with zero attached hydrogens (tertiary/aromatic N) is 1. The van der Waals surface area contributed by atoms with Crippen LogP contribution >= 0.6 is 11.8 Å². The van der Waals surface area contributed by atoms with Gasteiger partial charge in [-0.15, -0.1) is 0 Å². The Kier molecular flexibility index (Phi) is 4.98. The maximum absolute atomic E-state index is 3.69. The zero-order valence-electron chi connectivity index (χ0n) is 10.7. The molecule has 0 aliphatic carbocycles. The van der Waals surface area contributed by atoms with E-state index >= 15 is 0 Å². The molecule has 0 spiro atoms. The van der Waals surface area contributed by atoms with Crippen molar-refractivity contribution < 1.29 is 0 Å². The molecule has 2 heterocycles. The van der Waals surface area contributed by atoms with Crippen LogP contribution in [0.5, 0.6) is 0 Å². The maximum atomic E-state index is 3.69. The van der Waals surface area contributed by atoms with Gasteiger partial charge in [-0.2, -0.15) is 11.8 Å². The van der Waals surface area contributed by atoms with E-state index < -0.39 is 0 Å². The van der Waals surface area contributed by atoms with Crippen molar-refractivity contribution in [2.45, 2.75) is 44.4 Å². The average molecular weight is 242 g/mol. The molecule has 0 radical (unpaired) electrons. The van der Waals surface area contributed by atoms with Gasteiger partial charge in [0.15, 0.2) is 0 Å². The van der Waals surface area contributed by atoms with Crippen molar-refractivity contribution in [1.82, 2.24) is 10.2 Å². The highest BCUT2D eigenvalue weighted by Gasteiger charge is 2.24. The summed E-state index contributed by atoms with van der Waals surface area (Å²) in [7, 11) is 0. The first-order valence-electron chi connectivity index (χ1n) is 6.83. The largest absolute Gasteiger partial charge is 0.312 e. The minimum atomic E-state index is 0.703. The van der Waals surface area contributed by atoms with E-state index in [1.165, 1.54) is 51.2 Å². The Balaban J connectivity index is 1.82. The van der Waals surface area contributed by atoms with Crippen molar-refractivity contribution in [1.29, 1.82) is 0 Å². The lowest BCUT2D eigenvalue weighted by molar-refractivity contribution is 0.245. The van der Waals surface area contributed by atoms with Gasteiger partial charge in [0.25, 0.3) is 0 Å². The number of rotatable bonds is 3. The van der Waals surface area contributed by atoms with Crippen molar-refractivity contribution in [3.05, 3.63) is 0 Å². The van der Waals surface area contributed by atoms with Crippen LogP contribution in [0.3, 0.4) is 0 Å². The molecule has 0 bridgehead atoms. The molecule has 2 nitrogen and oxygen atoms in total. The molecule has 2 fully saturated rings. The SMILES string of the molecule is CC(C)C1CN(CC2CCCS2)CCCN1. The zero-order valence-corrected chi connectivity index (χ0v) is 11.6. The van der Waals surface area contributed by atoms with Gasteiger partial charge in [0, 0.05) is 24.4 Å². The molecule has 16 heavy (non-hydrogen) atoms. The highest BCUT2D eigenvalue weighted by atomic mass is 32.2. The normalized spacial score (nSPS) is 33.2. The fourth-order valence-corrected chi connectivity index (χ4v) is 4.03. The fourth-order valence-electron chi connectivity index (χ4n) is 2.71. The van der Waals surface area contributed by atoms with E-state index in [0.717, 1.165) is 11.2 Å². The molecule has 0 aromatic rings. The van der Waals surface area contributed by atoms with Crippen LogP contribution in [0.15, 0.2) is 0 Å². The van der Waals surface area contributed by atoms with Gasteiger partial charge in [0.2, 0.25) is 0 Å². The Bertz CT molecular complexity index is 202. The molecule has 1 N–H and O–H groups in total. The third kappa shape index (κ3) is 3.64. The summed E-state index contributed by atoms with van der Waals surface area (Å²) in [5.41, 5.74) is 0. The number of thioether (sulfide) groups is 1. The topological polar surface area (TPSA) is 15.3 Å². The second kappa shape index (κ2) is 6.27. The van der Waals surface area contributed by atoms with Crippen molar-refractivity contribution in [2.75, 3.05) is 31.9 Å². The number of hydrogen-bond acceptors (Lipinski definition) is 3. The molecule has 2 aliphatic heterocycles. The summed E-state index contributed by atoms with van der Waals surface area (Å²) in [6.45, 7) is 9.77. The predicted octanol–water partition coefficient (Wildman–Crippen LogP) is 2.20. The van der Waals surface area contributed by atoms with E-state index in [9.17, 15) is 0 Å². The fraction of sp³-hybridized carbons (Fsp3) is 1.00. The van der Waals surface area contributed by atoms with Crippen LogP contribution in [0, 0.1) is 5.92 Å². The van der Waals surface area contributed by atoms with E-state index in [1.54, 1.807) is 0 Å². The molecule has 2 rings (SSSR count). The average Bonchev–Trinajstić information content (AvgIpc) is 2.62. The molecule has 94 valence electrons. The number of hydrogen-bond donors (Lipinski definition) is 1. The van der Waals surface area contributed by atoms with E-state index in [-0.39, 0.29) is 0 Å². The van der Waals surface area contributed by atoms with Gasteiger partial charge in [-0.25, -0.2) is 0 Å². The van der Waals surface area contributed by atoms with Gasteiger partial charge < -0.3 is 10.2 Å². The first-order chi connectivity index (χ1) is 7.75. The number of nitrogens with one attached hydrogen (secondary N) is 1.